The van der Waals surface area contributed by atoms with Crippen molar-refractivity contribution in [3.05, 3.63) is 29.3 Å². The Bertz CT molecular complexity index is 819. The smallest absolute Gasteiger partial charge is 0.306 e. The van der Waals surface area contributed by atoms with E-state index in [1.54, 1.807) is 13.0 Å². The Balaban J connectivity index is 1.80. The number of carbonyl (C=O) groups is 2. The molecule has 1 aliphatic carbocycles. The van der Waals surface area contributed by atoms with Gasteiger partial charge in [0.15, 0.2) is 0 Å². The lowest BCUT2D eigenvalue weighted by Crippen LogP contribution is -2.46. The van der Waals surface area contributed by atoms with Crippen molar-refractivity contribution in [2.45, 2.75) is 43.2 Å². The molecular formula is C17H22N2O6S. The number of aliphatic carboxylic acids is 1. The van der Waals surface area contributed by atoms with E-state index < -0.39 is 22.1 Å². The minimum atomic E-state index is -3.65. The number of carbonyl (C=O) groups excluding carboxylic acids is 1. The van der Waals surface area contributed by atoms with Crippen LogP contribution in [0.1, 0.15) is 35.2 Å². The molecule has 0 spiro atoms. The minimum absolute atomic E-state index is 0.0172. The summed E-state index contributed by atoms with van der Waals surface area (Å²) in [4.78, 5) is 25.3. The van der Waals surface area contributed by atoms with E-state index >= 15 is 0 Å². The number of nitrogens with zero attached hydrogens (tertiary/aromatic N) is 1. The molecule has 3 rings (SSSR count). The molecular weight excluding hydrogens is 360 g/mol. The molecule has 1 saturated heterocycles. The predicted octanol–water partition coefficient (Wildman–Crippen LogP) is 0.751. The number of morpholine rings is 1. The molecule has 0 bridgehead atoms. The van der Waals surface area contributed by atoms with Crippen LogP contribution in [-0.2, 0) is 19.6 Å². The Morgan fingerprint density at radius 1 is 1.35 bits per heavy atom. The highest BCUT2D eigenvalue weighted by Crippen LogP contribution is 2.24. The summed E-state index contributed by atoms with van der Waals surface area (Å²) < 4.78 is 32.8. The molecule has 0 radical (unpaired) electrons. The maximum absolute atomic E-state index is 12.9. The SMILES string of the molecule is Cc1ccc(S(=O)(=O)NC2CC2)cc1C(=O)N1CCOC(CC(=O)O)C1. The van der Waals surface area contributed by atoms with Crippen molar-refractivity contribution >= 4 is 21.9 Å². The quantitative estimate of drug-likeness (QED) is 0.751. The molecule has 9 heteroatoms. The Labute approximate surface area is 152 Å². The second-order valence-electron chi connectivity index (χ2n) is 6.71. The van der Waals surface area contributed by atoms with Gasteiger partial charge in [-0.05, 0) is 37.5 Å². The van der Waals surface area contributed by atoms with Crippen molar-refractivity contribution in [1.29, 1.82) is 0 Å². The van der Waals surface area contributed by atoms with Gasteiger partial charge in [-0.15, -0.1) is 0 Å². The van der Waals surface area contributed by atoms with Crippen LogP contribution in [0, 0.1) is 6.92 Å². The molecule has 1 atom stereocenters. The van der Waals surface area contributed by atoms with Crippen LogP contribution in [-0.4, -0.2) is 62.1 Å². The molecule has 1 aliphatic heterocycles. The van der Waals surface area contributed by atoms with Crippen LogP contribution in [0.25, 0.3) is 0 Å². The van der Waals surface area contributed by atoms with Gasteiger partial charge in [0.25, 0.3) is 5.91 Å². The zero-order chi connectivity index (χ0) is 18.9. The Kier molecular flexibility index (Phi) is 5.31. The van der Waals surface area contributed by atoms with E-state index in [2.05, 4.69) is 4.72 Å². The van der Waals surface area contributed by atoms with Gasteiger partial charge in [0.2, 0.25) is 10.0 Å². The average molecular weight is 382 g/mol. The van der Waals surface area contributed by atoms with E-state index in [4.69, 9.17) is 9.84 Å². The Morgan fingerprint density at radius 2 is 2.08 bits per heavy atom. The Morgan fingerprint density at radius 3 is 2.73 bits per heavy atom. The zero-order valence-electron chi connectivity index (χ0n) is 14.5. The number of hydrogen-bond donors (Lipinski definition) is 2. The maximum Gasteiger partial charge on any atom is 0.306 e. The van der Waals surface area contributed by atoms with Crippen LogP contribution in [0.5, 0.6) is 0 Å². The number of amides is 1. The van der Waals surface area contributed by atoms with Gasteiger partial charge in [-0.25, -0.2) is 13.1 Å². The van der Waals surface area contributed by atoms with Gasteiger partial charge in [-0.3, -0.25) is 9.59 Å². The third kappa shape index (κ3) is 4.40. The summed E-state index contributed by atoms with van der Waals surface area (Å²) >= 11 is 0. The highest BCUT2D eigenvalue weighted by molar-refractivity contribution is 7.89. The topological polar surface area (TPSA) is 113 Å². The standard InChI is InChI=1S/C17H22N2O6S/c1-11-2-5-14(26(23,24)18-12-3-4-12)9-15(11)17(22)19-6-7-25-13(10-19)8-16(20)21/h2,5,9,12-13,18H,3-4,6-8,10H2,1H3,(H,20,21). The van der Waals surface area contributed by atoms with E-state index in [1.165, 1.54) is 17.0 Å². The molecule has 1 saturated carbocycles. The lowest BCUT2D eigenvalue weighted by Gasteiger charge is -2.32. The molecule has 8 nitrogen and oxygen atoms in total. The second kappa shape index (κ2) is 7.34. The second-order valence-corrected chi connectivity index (χ2v) is 8.43. The average Bonchev–Trinajstić information content (AvgIpc) is 3.37. The van der Waals surface area contributed by atoms with Gasteiger partial charge in [-0.2, -0.15) is 0 Å². The normalized spacial score (nSPS) is 20.8. The summed E-state index contributed by atoms with van der Waals surface area (Å²) in [7, 11) is -3.65. The first kappa shape index (κ1) is 18.8. The number of nitrogens with one attached hydrogen (secondary N) is 1. The molecule has 1 amide bonds. The Hall–Kier alpha value is -1.97. The van der Waals surface area contributed by atoms with Crippen molar-refractivity contribution in [1.82, 2.24) is 9.62 Å². The van der Waals surface area contributed by atoms with Crippen LogP contribution in [0.3, 0.4) is 0 Å². The molecule has 1 unspecified atom stereocenters. The van der Waals surface area contributed by atoms with Gasteiger partial charge in [0, 0.05) is 24.7 Å². The number of carboxylic acids is 1. The summed E-state index contributed by atoms with van der Waals surface area (Å²) in [6, 6.07) is 4.48. The molecule has 0 aromatic heterocycles. The first-order valence-electron chi connectivity index (χ1n) is 8.52. The first-order chi connectivity index (χ1) is 12.3. The van der Waals surface area contributed by atoms with Crippen molar-refractivity contribution in [3.63, 3.8) is 0 Å². The van der Waals surface area contributed by atoms with Crippen LogP contribution in [0.4, 0.5) is 0 Å². The summed E-state index contributed by atoms with van der Waals surface area (Å²) in [5.74, 6) is -1.30. The highest BCUT2D eigenvalue weighted by Gasteiger charge is 2.30. The number of ether oxygens (including phenoxy) is 1. The van der Waals surface area contributed by atoms with Crippen molar-refractivity contribution in [2.24, 2.45) is 0 Å². The summed E-state index contributed by atoms with van der Waals surface area (Å²) in [6.07, 6.45) is 0.919. The molecule has 26 heavy (non-hydrogen) atoms. The highest BCUT2D eigenvalue weighted by atomic mass is 32.2. The number of benzene rings is 1. The van der Waals surface area contributed by atoms with Crippen molar-refractivity contribution in [2.75, 3.05) is 19.7 Å². The van der Waals surface area contributed by atoms with E-state index in [0.29, 0.717) is 17.7 Å². The fourth-order valence-corrected chi connectivity index (χ4v) is 4.21. The van der Waals surface area contributed by atoms with E-state index in [1.807, 2.05) is 0 Å². The largest absolute Gasteiger partial charge is 0.481 e. The van der Waals surface area contributed by atoms with Gasteiger partial charge in [0.05, 0.1) is 24.0 Å². The van der Waals surface area contributed by atoms with E-state index in [-0.39, 0.29) is 36.4 Å². The molecule has 2 aliphatic rings. The van der Waals surface area contributed by atoms with E-state index in [9.17, 15) is 18.0 Å². The summed E-state index contributed by atoms with van der Waals surface area (Å²) in [6.45, 7) is 2.50. The van der Waals surface area contributed by atoms with Gasteiger partial charge < -0.3 is 14.7 Å². The van der Waals surface area contributed by atoms with Crippen molar-refractivity contribution < 1.29 is 27.9 Å². The third-order valence-corrected chi connectivity index (χ3v) is 6.00. The first-order valence-corrected chi connectivity index (χ1v) is 10.0. The molecule has 2 N–H and O–H groups in total. The number of rotatable bonds is 6. The summed E-state index contributed by atoms with van der Waals surface area (Å²) in [5.41, 5.74) is 0.973. The summed E-state index contributed by atoms with van der Waals surface area (Å²) in [5, 5.41) is 8.90. The van der Waals surface area contributed by atoms with Gasteiger partial charge >= 0.3 is 5.97 Å². The fraction of sp³-hybridized carbons (Fsp3) is 0.529. The third-order valence-electron chi connectivity index (χ3n) is 4.48. The van der Waals surface area contributed by atoms with Crippen LogP contribution < -0.4 is 4.72 Å². The van der Waals surface area contributed by atoms with Crippen molar-refractivity contribution in [3.8, 4) is 0 Å². The minimum Gasteiger partial charge on any atom is -0.481 e. The number of sulfonamides is 1. The number of carboxylic acid groups (broad SMARTS) is 1. The molecule has 1 heterocycles. The molecule has 1 aromatic rings. The van der Waals surface area contributed by atoms with Crippen LogP contribution >= 0.6 is 0 Å². The maximum atomic E-state index is 12.9. The van der Waals surface area contributed by atoms with Crippen LogP contribution in [0.2, 0.25) is 0 Å². The fourth-order valence-electron chi connectivity index (χ4n) is 2.88. The molecule has 1 aromatic carbocycles. The monoisotopic (exact) mass is 382 g/mol. The lowest BCUT2D eigenvalue weighted by atomic mass is 10.1. The molecule has 2 fully saturated rings. The predicted molar refractivity (Wildman–Crippen MR) is 92.4 cm³/mol. The van der Waals surface area contributed by atoms with Gasteiger partial charge in [-0.1, -0.05) is 6.07 Å². The van der Waals surface area contributed by atoms with Crippen LogP contribution in [0.15, 0.2) is 23.1 Å². The molecule has 142 valence electrons. The number of hydrogen-bond acceptors (Lipinski definition) is 5. The van der Waals surface area contributed by atoms with E-state index in [0.717, 1.165) is 12.8 Å². The number of aryl methyl sites for hydroxylation is 1. The lowest BCUT2D eigenvalue weighted by molar-refractivity contribution is -0.141. The zero-order valence-corrected chi connectivity index (χ0v) is 15.3. The van der Waals surface area contributed by atoms with Gasteiger partial charge in [0.1, 0.15) is 0 Å².